The molecule has 3 heteroatoms. The Kier molecular flexibility index (Phi) is 9.18. The van der Waals surface area contributed by atoms with Crippen LogP contribution in [0.1, 0.15) is 0 Å². The summed E-state index contributed by atoms with van der Waals surface area (Å²) in [6.07, 6.45) is 0. The first-order valence-electron chi connectivity index (χ1n) is 20.8. The number of hydrogen-bond acceptors (Lipinski definition) is 3. The van der Waals surface area contributed by atoms with Crippen molar-refractivity contribution in [3.05, 3.63) is 243 Å². The number of furan rings is 1. The highest BCUT2D eigenvalue weighted by molar-refractivity contribution is 6.18. The molecule has 0 amide bonds. The molecule has 11 rings (SSSR count). The summed E-state index contributed by atoms with van der Waals surface area (Å²) in [4.78, 5) is 4.72. The summed E-state index contributed by atoms with van der Waals surface area (Å²) < 4.78 is 7.18. The van der Waals surface area contributed by atoms with E-state index in [1.807, 2.05) is 0 Å². The Morgan fingerprint density at radius 1 is 0.262 bits per heavy atom. The van der Waals surface area contributed by atoms with Crippen LogP contribution < -0.4 is 9.80 Å². The molecule has 0 fully saturated rings. The quantitative estimate of drug-likeness (QED) is 0.145. The lowest BCUT2D eigenvalue weighted by Crippen LogP contribution is -2.13. The molecule has 0 unspecified atom stereocenters. The number of hydrogen-bond donors (Lipinski definition) is 0. The molecule has 1 heterocycles. The molecule has 0 saturated heterocycles. The van der Waals surface area contributed by atoms with E-state index < -0.39 is 0 Å². The molecule has 0 radical (unpaired) electrons. The average molecular weight is 781 g/mol. The molecule has 11 aromatic rings. The van der Waals surface area contributed by atoms with Crippen LogP contribution in [-0.4, -0.2) is 0 Å². The molecule has 0 atom stereocenters. The summed E-state index contributed by atoms with van der Waals surface area (Å²) in [6, 6.07) is 86.4. The number of anilines is 6. The van der Waals surface area contributed by atoms with Gasteiger partial charge in [0.2, 0.25) is 0 Å². The van der Waals surface area contributed by atoms with Crippen LogP contribution in [0.3, 0.4) is 0 Å². The lowest BCUT2D eigenvalue weighted by molar-refractivity contribution is 0.673. The van der Waals surface area contributed by atoms with Crippen molar-refractivity contribution < 1.29 is 4.42 Å². The monoisotopic (exact) mass is 780 g/mol. The van der Waals surface area contributed by atoms with Gasteiger partial charge in [-0.3, -0.25) is 0 Å². The molecule has 1 aromatic heterocycles. The zero-order valence-corrected chi connectivity index (χ0v) is 33.4. The van der Waals surface area contributed by atoms with Crippen LogP contribution in [0.15, 0.2) is 247 Å². The number of rotatable bonds is 9. The molecule has 288 valence electrons. The minimum atomic E-state index is 0.819. The predicted molar refractivity (Wildman–Crippen MR) is 257 cm³/mol. The van der Waals surface area contributed by atoms with Crippen molar-refractivity contribution in [1.29, 1.82) is 0 Å². The second-order valence-electron chi connectivity index (χ2n) is 15.3. The molecule has 0 aliphatic rings. The Morgan fingerprint density at radius 2 is 0.770 bits per heavy atom. The van der Waals surface area contributed by atoms with Crippen LogP contribution in [0.4, 0.5) is 34.1 Å². The Hall–Kier alpha value is -8.14. The van der Waals surface area contributed by atoms with Crippen molar-refractivity contribution in [2.24, 2.45) is 0 Å². The van der Waals surface area contributed by atoms with E-state index in [0.717, 1.165) is 78.0 Å². The van der Waals surface area contributed by atoms with Gasteiger partial charge in [-0.1, -0.05) is 176 Å². The molecule has 0 saturated carbocycles. The standard InChI is InChI=1S/C58H40N2O/c1-6-18-41(19-7-1)42-30-33-48(34-31-42)59(46-25-12-4-13-26-46)50-39-55-53-36-32-45-24-16-17-29-52(45)57(53)61-58(55)56(40-50)60(47-27-14-5-15-28-47)49-35-37-51(43-20-8-2-9-21-43)54(38-49)44-22-10-3-11-23-44/h1-40H. The van der Waals surface area contributed by atoms with Crippen molar-refractivity contribution in [1.82, 2.24) is 0 Å². The Morgan fingerprint density at radius 3 is 1.43 bits per heavy atom. The van der Waals surface area contributed by atoms with E-state index in [0.29, 0.717) is 0 Å². The number of para-hydroxylation sites is 2. The molecule has 3 nitrogen and oxygen atoms in total. The highest BCUT2D eigenvalue weighted by Crippen LogP contribution is 2.49. The minimum absolute atomic E-state index is 0.819. The summed E-state index contributed by atoms with van der Waals surface area (Å²) in [5, 5.41) is 4.34. The SMILES string of the molecule is c1ccc(-c2ccc(N(c3ccccc3)c3cc(N(c4ccccc4)c4ccc(-c5ccccc5)c(-c5ccccc5)c4)c4oc5c6ccccc6ccc5c4c3)cc2)cc1. The van der Waals surface area contributed by atoms with Crippen molar-refractivity contribution in [3.63, 3.8) is 0 Å². The Labute approximate surface area is 355 Å². The van der Waals surface area contributed by atoms with Gasteiger partial charge in [-0.05, 0) is 105 Å². The number of fused-ring (bicyclic) bond motifs is 5. The molecule has 10 aromatic carbocycles. The molecule has 0 N–H and O–H groups in total. The lowest BCUT2D eigenvalue weighted by Gasteiger charge is -2.30. The van der Waals surface area contributed by atoms with E-state index >= 15 is 0 Å². The van der Waals surface area contributed by atoms with Crippen LogP contribution in [0, 0.1) is 0 Å². The third-order valence-corrected chi connectivity index (χ3v) is 11.6. The van der Waals surface area contributed by atoms with Crippen LogP contribution in [0.2, 0.25) is 0 Å². The van der Waals surface area contributed by atoms with Gasteiger partial charge in [0.25, 0.3) is 0 Å². The first-order chi connectivity index (χ1) is 30.3. The van der Waals surface area contributed by atoms with Crippen LogP contribution in [0.25, 0.3) is 66.1 Å². The van der Waals surface area contributed by atoms with E-state index in [1.54, 1.807) is 0 Å². The maximum absolute atomic E-state index is 7.18. The lowest BCUT2D eigenvalue weighted by atomic mass is 9.93. The summed E-state index contributed by atoms with van der Waals surface area (Å²) in [7, 11) is 0. The average Bonchev–Trinajstić information content (AvgIpc) is 3.73. The fraction of sp³-hybridized carbons (Fsp3) is 0. The van der Waals surface area contributed by atoms with Crippen LogP contribution in [0.5, 0.6) is 0 Å². The fourth-order valence-corrected chi connectivity index (χ4v) is 8.73. The smallest absolute Gasteiger partial charge is 0.159 e. The van der Waals surface area contributed by atoms with Crippen LogP contribution >= 0.6 is 0 Å². The second kappa shape index (κ2) is 15.6. The number of benzene rings is 10. The normalized spacial score (nSPS) is 11.3. The van der Waals surface area contributed by atoms with E-state index in [1.165, 1.54) is 22.3 Å². The highest BCUT2D eigenvalue weighted by Gasteiger charge is 2.25. The summed E-state index contributed by atoms with van der Waals surface area (Å²) in [5.41, 5.74) is 14.8. The van der Waals surface area contributed by atoms with Gasteiger partial charge in [-0.25, -0.2) is 0 Å². The molecule has 0 bridgehead atoms. The van der Waals surface area contributed by atoms with Gasteiger partial charge in [0.15, 0.2) is 5.58 Å². The third-order valence-electron chi connectivity index (χ3n) is 11.6. The van der Waals surface area contributed by atoms with E-state index in [2.05, 4.69) is 252 Å². The van der Waals surface area contributed by atoms with E-state index in [4.69, 9.17) is 4.42 Å². The topological polar surface area (TPSA) is 19.6 Å². The second-order valence-corrected chi connectivity index (χ2v) is 15.3. The summed E-state index contributed by atoms with van der Waals surface area (Å²) >= 11 is 0. The molecule has 0 aliphatic heterocycles. The van der Waals surface area contributed by atoms with Crippen molar-refractivity contribution in [2.75, 3.05) is 9.80 Å². The van der Waals surface area contributed by atoms with Crippen LogP contribution in [-0.2, 0) is 0 Å². The number of nitrogens with zero attached hydrogens (tertiary/aromatic N) is 2. The first-order valence-corrected chi connectivity index (χ1v) is 20.8. The van der Waals surface area contributed by atoms with Gasteiger partial charge in [0.1, 0.15) is 5.58 Å². The Balaban J connectivity index is 1.20. The highest BCUT2D eigenvalue weighted by atomic mass is 16.3. The molecular weight excluding hydrogens is 741 g/mol. The first kappa shape index (κ1) is 36.0. The summed E-state index contributed by atoms with van der Waals surface area (Å²) in [6.45, 7) is 0. The third kappa shape index (κ3) is 6.69. The fourth-order valence-electron chi connectivity index (χ4n) is 8.73. The van der Waals surface area contributed by atoms with Gasteiger partial charge in [0, 0.05) is 44.6 Å². The van der Waals surface area contributed by atoms with Crippen molar-refractivity contribution >= 4 is 66.8 Å². The molecule has 0 spiro atoms. The predicted octanol–water partition coefficient (Wildman–Crippen LogP) is 16.7. The van der Waals surface area contributed by atoms with E-state index in [-0.39, 0.29) is 0 Å². The largest absolute Gasteiger partial charge is 0.453 e. The molecule has 61 heavy (non-hydrogen) atoms. The van der Waals surface area contributed by atoms with E-state index in [9.17, 15) is 0 Å². The van der Waals surface area contributed by atoms with Gasteiger partial charge >= 0.3 is 0 Å². The van der Waals surface area contributed by atoms with Gasteiger partial charge < -0.3 is 14.2 Å². The summed E-state index contributed by atoms with van der Waals surface area (Å²) in [5.74, 6) is 0. The maximum atomic E-state index is 7.18. The van der Waals surface area contributed by atoms with Crippen molar-refractivity contribution in [2.45, 2.75) is 0 Å². The molecule has 0 aliphatic carbocycles. The Bertz CT molecular complexity index is 3270. The minimum Gasteiger partial charge on any atom is -0.453 e. The van der Waals surface area contributed by atoms with Gasteiger partial charge in [-0.15, -0.1) is 0 Å². The van der Waals surface area contributed by atoms with Crippen molar-refractivity contribution in [3.8, 4) is 33.4 Å². The zero-order chi connectivity index (χ0) is 40.5. The van der Waals surface area contributed by atoms with Gasteiger partial charge in [0.05, 0.1) is 5.69 Å². The molecular formula is C58H40N2O. The van der Waals surface area contributed by atoms with Gasteiger partial charge in [-0.2, -0.15) is 0 Å². The zero-order valence-electron chi connectivity index (χ0n) is 33.4. The maximum Gasteiger partial charge on any atom is 0.159 e.